The van der Waals surface area contributed by atoms with Crippen LogP contribution in [-0.2, 0) is 13.0 Å². The quantitative estimate of drug-likeness (QED) is 0.743. The van der Waals surface area contributed by atoms with E-state index in [-0.39, 0.29) is 12.3 Å². The van der Waals surface area contributed by atoms with Crippen LogP contribution >= 0.6 is 0 Å². The van der Waals surface area contributed by atoms with Gasteiger partial charge < -0.3 is 10.1 Å². The summed E-state index contributed by atoms with van der Waals surface area (Å²) in [7, 11) is 0. The van der Waals surface area contributed by atoms with E-state index in [1.807, 2.05) is 29.7 Å². The van der Waals surface area contributed by atoms with Crippen LogP contribution in [0.1, 0.15) is 58.1 Å². The first kappa shape index (κ1) is 17.2. The molecule has 5 rings (SSSR count). The van der Waals surface area contributed by atoms with Gasteiger partial charge in [0.15, 0.2) is 0 Å². The topological polar surface area (TPSA) is 55.6 Å². The number of benzene rings is 1. The number of carbonyl (C=O) groups is 1. The summed E-state index contributed by atoms with van der Waals surface area (Å²) in [6.07, 6.45) is 4.69. The molecule has 1 saturated carbocycles. The van der Waals surface area contributed by atoms with E-state index in [2.05, 4.69) is 22.4 Å². The van der Waals surface area contributed by atoms with Crippen LogP contribution in [-0.4, -0.2) is 21.6 Å². The lowest BCUT2D eigenvalue weighted by molar-refractivity contribution is 0.0910. The molecule has 1 aliphatic carbocycles. The highest BCUT2D eigenvalue weighted by Crippen LogP contribution is 2.36. The van der Waals surface area contributed by atoms with E-state index in [4.69, 9.17) is 4.74 Å². The fourth-order valence-corrected chi connectivity index (χ4v) is 4.08. The van der Waals surface area contributed by atoms with Crippen molar-refractivity contribution in [2.45, 2.75) is 51.4 Å². The van der Waals surface area contributed by atoms with Gasteiger partial charge in [-0.3, -0.25) is 9.20 Å². The zero-order valence-corrected chi connectivity index (χ0v) is 15.7. The lowest BCUT2D eigenvalue weighted by atomic mass is 9.80. The number of aromatic nitrogens is 2. The number of imidazole rings is 1. The van der Waals surface area contributed by atoms with E-state index in [1.165, 1.54) is 24.8 Å². The molecule has 1 amide bonds. The Hall–Kier alpha value is -2.89. The maximum Gasteiger partial charge on any atom is 0.270 e. The van der Waals surface area contributed by atoms with Gasteiger partial charge in [0.1, 0.15) is 17.1 Å². The highest BCUT2D eigenvalue weighted by molar-refractivity contribution is 5.94. The minimum absolute atomic E-state index is 0.165. The Morgan fingerprint density at radius 3 is 2.96 bits per heavy atom. The molecule has 0 saturated heterocycles. The Kier molecular flexibility index (Phi) is 4.07. The molecule has 1 aliphatic heterocycles. The fraction of sp³-hybridized carbons (Fsp3) is 0.364. The summed E-state index contributed by atoms with van der Waals surface area (Å²) in [5.41, 5.74) is 5.16. The highest BCUT2D eigenvalue weighted by Gasteiger charge is 2.23. The van der Waals surface area contributed by atoms with Crippen molar-refractivity contribution in [2.75, 3.05) is 0 Å². The number of carbonyl (C=O) groups excluding carboxylic acids is 1. The van der Waals surface area contributed by atoms with Gasteiger partial charge in [0, 0.05) is 24.7 Å². The number of nitrogens with zero attached hydrogens (tertiary/aromatic N) is 2. The van der Waals surface area contributed by atoms with Gasteiger partial charge >= 0.3 is 0 Å². The SMILES string of the molecule is Cc1nc2cc(C3CCC3)ccn2c1C(=O)NCc1ccc2c(c1)CC(F)O2. The second-order valence-corrected chi connectivity index (χ2v) is 7.72. The maximum atomic E-state index is 13.3. The monoisotopic (exact) mass is 379 g/mol. The predicted octanol–water partition coefficient (Wildman–Crippen LogP) is 4.07. The summed E-state index contributed by atoms with van der Waals surface area (Å²) < 4.78 is 20.3. The number of amides is 1. The third-order valence-electron chi connectivity index (χ3n) is 5.83. The number of aryl methyl sites for hydroxylation is 1. The molecule has 3 aromatic rings. The van der Waals surface area contributed by atoms with E-state index in [0.717, 1.165) is 16.8 Å². The average molecular weight is 379 g/mol. The standard InChI is InChI=1S/C22H22FN3O2/c1-13-21(26-8-7-16(11-20(26)25-13)15-3-2-4-15)22(27)24-12-14-5-6-18-17(9-14)10-19(23)28-18/h5-9,11,15,19H,2-4,10,12H2,1H3,(H,24,27). The molecule has 5 nitrogen and oxygen atoms in total. The number of hydrogen-bond acceptors (Lipinski definition) is 3. The van der Waals surface area contributed by atoms with Crippen molar-refractivity contribution in [3.05, 3.63) is 64.6 Å². The van der Waals surface area contributed by atoms with E-state index in [9.17, 15) is 9.18 Å². The van der Waals surface area contributed by atoms with Crippen molar-refractivity contribution in [3.8, 4) is 5.75 Å². The molecule has 1 atom stereocenters. The summed E-state index contributed by atoms with van der Waals surface area (Å²) >= 11 is 0. The van der Waals surface area contributed by atoms with Crippen molar-refractivity contribution in [3.63, 3.8) is 0 Å². The summed E-state index contributed by atoms with van der Waals surface area (Å²) in [5.74, 6) is 1.05. The zero-order valence-electron chi connectivity index (χ0n) is 15.7. The normalized spacial score (nSPS) is 18.6. The second kappa shape index (κ2) is 6.62. The van der Waals surface area contributed by atoms with Crippen molar-refractivity contribution in [1.29, 1.82) is 0 Å². The van der Waals surface area contributed by atoms with Gasteiger partial charge in [-0.1, -0.05) is 18.6 Å². The van der Waals surface area contributed by atoms with E-state index in [1.54, 1.807) is 6.07 Å². The molecule has 2 aromatic heterocycles. The molecule has 3 heterocycles. The number of rotatable bonds is 4. The number of fused-ring (bicyclic) bond motifs is 2. The van der Waals surface area contributed by atoms with Crippen molar-refractivity contribution < 1.29 is 13.9 Å². The Balaban J connectivity index is 1.34. The number of pyridine rings is 1. The fourth-order valence-electron chi connectivity index (χ4n) is 4.08. The molecule has 0 bridgehead atoms. The minimum atomic E-state index is -1.27. The average Bonchev–Trinajstić information content (AvgIpc) is 3.15. The number of nitrogens with one attached hydrogen (secondary N) is 1. The smallest absolute Gasteiger partial charge is 0.270 e. The molecular weight excluding hydrogens is 357 g/mol. The number of alkyl halides is 1. The Bertz CT molecular complexity index is 1070. The van der Waals surface area contributed by atoms with Crippen molar-refractivity contribution in [2.24, 2.45) is 0 Å². The van der Waals surface area contributed by atoms with Crippen molar-refractivity contribution >= 4 is 11.6 Å². The Morgan fingerprint density at radius 1 is 1.32 bits per heavy atom. The van der Waals surface area contributed by atoms with E-state index >= 15 is 0 Å². The molecule has 1 unspecified atom stereocenters. The number of hydrogen-bond donors (Lipinski definition) is 1. The Morgan fingerprint density at radius 2 is 2.18 bits per heavy atom. The van der Waals surface area contributed by atoms with E-state index in [0.29, 0.717) is 29.6 Å². The minimum Gasteiger partial charge on any atom is -0.460 e. The zero-order chi connectivity index (χ0) is 19.3. The van der Waals surface area contributed by atoms with Gasteiger partial charge in [0.2, 0.25) is 6.36 Å². The summed E-state index contributed by atoms with van der Waals surface area (Å²) in [6.45, 7) is 2.23. The number of ether oxygens (including phenoxy) is 1. The first-order valence-corrected chi connectivity index (χ1v) is 9.78. The van der Waals surface area contributed by atoms with Crippen LogP contribution < -0.4 is 10.1 Å². The lowest BCUT2D eigenvalue weighted by Crippen LogP contribution is -2.25. The summed E-state index contributed by atoms with van der Waals surface area (Å²) in [5, 5.41) is 2.96. The molecule has 28 heavy (non-hydrogen) atoms. The Labute approximate surface area is 162 Å². The maximum absolute atomic E-state index is 13.3. The van der Waals surface area contributed by atoms with Gasteiger partial charge in [-0.25, -0.2) is 9.37 Å². The van der Waals surface area contributed by atoms with Crippen LogP contribution in [0.25, 0.3) is 5.65 Å². The van der Waals surface area contributed by atoms with Crippen LogP contribution in [0.3, 0.4) is 0 Å². The molecule has 144 valence electrons. The third-order valence-corrected chi connectivity index (χ3v) is 5.83. The summed E-state index contributed by atoms with van der Waals surface area (Å²) in [4.78, 5) is 17.4. The van der Waals surface area contributed by atoms with Crippen LogP contribution in [0, 0.1) is 6.92 Å². The molecule has 1 N–H and O–H groups in total. The predicted molar refractivity (Wildman–Crippen MR) is 103 cm³/mol. The van der Waals surface area contributed by atoms with Crippen LogP contribution in [0.4, 0.5) is 4.39 Å². The second-order valence-electron chi connectivity index (χ2n) is 7.72. The van der Waals surface area contributed by atoms with Gasteiger partial charge in [0.25, 0.3) is 5.91 Å². The van der Waals surface area contributed by atoms with Gasteiger partial charge in [0.05, 0.1) is 5.69 Å². The first-order chi connectivity index (χ1) is 13.6. The lowest BCUT2D eigenvalue weighted by Gasteiger charge is -2.25. The van der Waals surface area contributed by atoms with Crippen LogP contribution in [0.5, 0.6) is 5.75 Å². The van der Waals surface area contributed by atoms with E-state index < -0.39 is 6.36 Å². The number of halogens is 1. The van der Waals surface area contributed by atoms with Crippen molar-refractivity contribution in [1.82, 2.24) is 14.7 Å². The third kappa shape index (κ3) is 2.93. The summed E-state index contributed by atoms with van der Waals surface area (Å²) in [6, 6.07) is 9.70. The first-order valence-electron chi connectivity index (χ1n) is 9.78. The highest BCUT2D eigenvalue weighted by atomic mass is 19.1. The molecule has 1 fully saturated rings. The van der Waals surface area contributed by atoms with Gasteiger partial charge in [-0.05, 0) is 55.0 Å². The molecule has 6 heteroatoms. The largest absolute Gasteiger partial charge is 0.460 e. The molecule has 0 radical (unpaired) electrons. The molecular formula is C22H22FN3O2. The van der Waals surface area contributed by atoms with Crippen LogP contribution in [0.2, 0.25) is 0 Å². The molecule has 2 aliphatic rings. The van der Waals surface area contributed by atoms with Gasteiger partial charge in [-0.2, -0.15) is 0 Å². The van der Waals surface area contributed by atoms with Crippen LogP contribution in [0.15, 0.2) is 36.5 Å². The molecule has 1 aromatic carbocycles. The molecule has 0 spiro atoms. The van der Waals surface area contributed by atoms with Gasteiger partial charge in [-0.15, -0.1) is 0 Å².